The van der Waals surface area contributed by atoms with Crippen LogP contribution in [0.2, 0.25) is 0 Å². The average molecular weight is 335 g/mol. The summed E-state index contributed by atoms with van der Waals surface area (Å²) in [6.45, 7) is 0. The van der Waals surface area contributed by atoms with E-state index in [0.717, 1.165) is 15.8 Å². The second-order valence-electron chi connectivity index (χ2n) is 4.22. The van der Waals surface area contributed by atoms with Crippen molar-refractivity contribution < 1.29 is 9.53 Å². The summed E-state index contributed by atoms with van der Waals surface area (Å²) in [7, 11) is 1.63. The summed E-state index contributed by atoms with van der Waals surface area (Å²) in [5.74, 6) is 1.28. The molecule has 0 fully saturated rings. The van der Waals surface area contributed by atoms with Crippen LogP contribution in [-0.4, -0.2) is 18.0 Å². The van der Waals surface area contributed by atoms with Crippen molar-refractivity contribution in [2.24, 2.45) is 0 Å². The molecule has 4 nitrogen and oxygen atoms in total. The van der Waals surface area contributed by atoms with Crippen LogP contribution in [0.5, 0.6) is 5.75 Å². The van der Waals surface area contributed by atoms with Gasteiger partial charge in [-0.1, -0.05) is 34.1 Å². The number of nitrogens with zero attached hydrogens (tertiary/aromatic N) is 1. The highest BCUT2D eigenvalue weighted by Crippen LogP contribution is 2.19. The van der Waals surface area contributed by atoms with Crippen molar-refractivity contribution in [3.05, 3.63) is 52.6 Å². The third-order valence-electron chi connectivity index (χ3n) is 2.80. The first-order chi connectivity index (χ1) is 9.69. The molecule has 0 bridgehead atoms. The lowest BCUT2D eigenvalue weighted by Crippen LogP contribution is -2.13. The smallest absolute Gasteiger partial charge is 0.225 e. The van der Waals surface area contributed by atoms with E-state index in [1.165, 1.54) is 0 Å². The summed E-state index contributed by atoms with van der Waals surface area (Å²) in [6.07, 6.45) is 2.65. The number of carbonyl (C=O) groups is 1. The van der Waals surface area contributed by atoms with Gasteiger partial charge >= 0.3 is 0 Å². The van der Waals surface area contributed by atoms with Gasteiger partial charge in [0.2, 0.25) is 5.91 Å². The molecule has 0 aliphatic rings. The van der Waals surface area contributed by atoms with Gasteiger partial charge in [-0.3, -0.25) is 4.79 Å². The SMILES string of the molecule is COc1ccccc1CCC(=O)Nc1cc(Br)ccn1. The molecule has 0 radical (unpaired) electrons. The van der Waals surface area contributed by atoms with Crippen LogP contribution in [-0.2, 0) is 11.2 Å². The molecule has 0 saturated heterocycles. The molecule has 1 N–H and O–H groups in total. The molecule has 2 rings (SSSR count). The lowest BCUT2D eigenvalue weighted by molar-refractivity contribution is -0.116. The normalized spacial score (nSPS) is 10.1. The fraction of sp³-hybridized carbons (Fsp3) is 0.200. The summed E-state index contributed by atoms with van der Waals surface area (Å²) in [5.41, 5.74) is 1.02. The Kier molecular flexibility index (Phi) is 5.12. The Labute approximate surface area is 126 Å². The van der Waals surface area contributed by atoms with Gasteiger partial charge in [0.1, 0.15) is 11.6 Å². The van der Waals surface area contributed by atoms with Crippen LogP contribution in [0.25, 0.3) is 0 Å². The zero-order valence-electron chi connectivity index (χ0n) is 11.1. The van der Waals surface area contributed by atoms with Gasteiger partial charge in [-0.15, -0.1) is 0 Å². The quantitative estimate of drug-likeness (QED) is 0.911. The van der Waals surface area contributed by atoms with Gasteiger partial charge in [-0.2, -0.15) is 0 Å². The third-order valence-corrected chi connectivity index (χ3v) is 3.30. The average Bonchev–Trinajstić information content (AvgIpc) is 2.45. The molecule has 5 heteroatoms. The summed E-state index contributed by atoms with van der Waals surface area (Å²) in [5, 5.41) is 2.77. The second kappa shape index (κ2) is 7.05. The van der Waals surface area contributed by atoms with E-state index in [4.69, 9.17) is 4.74 Å². The monoisotopic (exact) mass is 334 g/mol. The number of nitrogens with one attached hydrogen (secondary N) is 1. The van der Waals surface area contributed by atoms with Gasteiger partial charge in [-0.25, -0.2) is 4.98 Å². The van der Waals surface area contributed by atoms with Crippen LogP contribution >= 0.6 is 15.9 Å². The van der Waals surface area contributed by atoms with Crippen LogP contribution in [0.15, 0.2) is 47.1 Å². The molecule has 1 amide bonds. The number of anilines is 1. The number of hydrogen-bond acceptors (Lipinski definition) is 3. The molecule has 0 unspecified atom stereocenters. The zero-order chi connectivity index (χ0) is 14.4. The highest BCUT2D eigenvalue weighted by molar-refractivity contribution is 9.10. The van der Waals surface area contributed by atoms with Crippen LogP contribution in [0, 0.1) is 0 Å². The number of halogens is 1. The van der Waals surface area contributed by atoms with Gasteiger partial charge < -0.3 is 10.1 Å². The Morgan fingerprint density at radius 2 is 2.15 bits per heavy atom. The number of benzene rings is 1. The summed E-state index contributed by atoms with van der Waals surface area (Å²) >= 11 is 3.34. The predicted octanol–water partition coefficient (Wildman–Crippen LogP) is 3.42. The number of carbonyl (C=O) groups excluding carboxylic acids is 1. The van der Waals surface area contributed by atoms with Gasteiger partial charge in [0.15, 0.2) is 0 Å². The van der Waals surface area contributed by atoms with E-state index in [1.54, 1.807) is 19.4 Å². The number of hydrogen-bond donors (Lipinski definition) is 1. The molecular formula is C15H15BrN2O2. The fourth-order valence-corrected chi connectivity index (χ4v) is 2.17. The minimum Gasteiger partial charge on any atom is -0.496 e. The molecule has 0 saturated carbocycles. The minimum atomic E-state index is -0.0680. The van der Waals surface area contributed by atoms with E-state index >= 15 is 0 Å². The molecule has 20 heavy (non-hydrogen) atoms. The van der Waals surface area contributed by atoms with Crippen molar-refractivity contribution in [2.75, 3.05) is 12.4 Å². The maximum atomic E-state index is 11.9. The Bertz CT molecular complexity index is 602. The number of amides is 1. The lowest BCUT2D eigenvalue weighted by atomic mass is 10.1. The molecule has 1 aromatic carbocycles. The van der Waals surface area contributed by atoms with Crippen LogP contribution < -0.4 is 10.1 Å². The van der Waals surface area contributed by atoms with Gasteiger partial charge in [0.25, 0.3) is 0 Å². The van der Waals surface area contributed by atoms with E-state index in [1.807, 2.05) is 30.3 Å². The number of methoxy groups -OCH3 is 1. The number of rotatable bonds is 5. The van der Waals surface area contributed by atoms with Gasteiger partial charge in [0, 0.05) is 17.1 Å². The van der Waals surface area contributed by atoms with Gasteiger partial charge in [0.05, 0.1) is 7.11 Å². The summed E-state index contributed by atoms with van der Waals surface area (Å²) in [4.78, 5) is 16.0. The predicted molar refractivity (Wildman–Crippen MR) is 81.9 cm³/mol. The van der Waals surface area contributed by atoms with Crippen molar-refractivity contribution in [3.63, 3.8) is 0 Å². The van der Waals surface area contributed by atoms with Crippen LogP contribution in [0.3, 0.4) is 0 Å². The maximum absolute atomic E-state index is 11.9. The molecule has 0 atom stereocenters. The Hall–Kier alpha value is -1.88. The van der Waals surface area contributed by atoms with E-state index in [2.05, 4.69) is 26.2 Å². The minimum absolute atomic E-state index is 0.0680. The van der Waals surface area contributed by atoms with Crippen molar-refractivity contribution in [2.45, 2.75) is 12.8 Å². The van der Waals surface area contributed by atoms with E-state index in [0.29, 0.717) is 18.7 Å². The van der Waals surface area contributed by atoms with Crippen LogP contribution in [0.4, 0.5) is 5.82 Å². The first-order valence-corrected chi connectivity index (χ1v) is 7.01. The van der Waals surface area contributed by atoms with Crippen molar-refractivity contribution in [1.29, 1.82) is 0 Å². The number of aryl methyl sites for hydroxylation is 1. The van der Waals surface area contributed by atoms with Crippen LogP contribution in [0.1, 0.15) is 12.0 Å². The number of pyridine rings is 1. The fourth-order valence-electron chi connectivity index (χ4n) is 1.84. The molecule has 1 heterocycles. The Morgan fingerprint density at radius 3 is 2.90 bits per heavy atom. The number of aromatic nitrogens is 1. The number of ether oxygens (including phenoxy) is 1. The lowest BCUT2D eigenvalue weighted by Gasteiger charge is -2.08. The highest BCUT2D eigenvalue weighted by Gasteiger charge is 2.07. The molecule has 104 valence electrons. The molecule has 2 aromatic rings. The molecule has 0 spiro atoms. The Balaban J connectivity index is 1.92. The maximum Gasteiger partial charge on any atom is 0.225 e. The first kappa shape index (κ1) is 14.5. The van der Waals surface area contributed by atoms with E-state index in [9.17, 15) is 4.79 Å². The van der Waals surface area contributed by atoms with Gasteiger partial charge in [-0.05, 0) is 30.2 Å². The van der Waals surface area contributed by atoms with E-state index in [-0.39, 0.29) is 5.91 Å². The Morgan fingerprint density at radius 1 is 1.35 bits per heavy atom. The molecule has 1 aromatic heterocycles. The molecular weight excluding hydrogens is 320 g/mol. The molecule has 0 aliphatic carbocycles. The summed E-state index contributed by atoms with van der Waals surface area (Å²) in [6, 6.07) is 11.3. The first-order valence-electron chi connectivity index (χ1n) is 6.22. The highest BCUT2D eigenvalue weighted by atomic mass is 79.9. The van der Waals surface area contributed by atoms with Crippen molar-refractivity contribution in [1.82, 2.24) is 4.98 Å². The third kappa shape index (κ3) is 4.06. The second-order valence-corrected chi connectivity index (χ2v) is 5.13. The van der Waals surface area contributed by atoms with Crippen molar-refractivity contribution >= 4 is 27.7 Å². The number of para-hydroxylation sites is 1. The topological polar surface area (TPSA) is 51.2 Å². The summed E-state index contributed by atoms with van der Waals surface area (Å²) < 4.78 is 6.14. The van der Waals surface area contributed by atoms with E-state index < -0.39 is 0 Å². The molecule has 0 aliphatic heterocycles. The standard InChI is InChI=1S/C15H15BrN2O2/c1-20-13-5-3-2-4-11(13)6-7-15(19)18-14-10-12(16)8-9-17-14/h2-5,8-10H,6-7H2,1H3,(H,17,18,19). The van der Waals surface area contributed by atoms with Crippen molar-refractivity contribution in [3.8, 4) is 5.75 Å². The zero-order valence-corrected chi connectivity index (χ0v) is 12.7. The largest absolute Gasteiger partial charge is 0.496 e.